The van der Waals surface area contributed by atoms with Crippen LogP contribution in [0.5, 0.6) is 0 Å². The van der Waals surface area contributed by atoms with Crippen LogP contribution in [-0.2, 0) is 0 Å². The maximum Gasteiger partial charge on any atom is 0.447 e. The minimum absolute atomic E-state index is 0.00381. The quantitative estimate of drug-likeness (QED) is 0.238. The van der Waals surface area contributed by atoms with Gasteiger partial charge in [-0.3, -0.25) is 4.79 Å². The third-order valence-electron chi connectivity index (χ3n) is 5.99. The molecule has 3 N–H and O–H groups in total. The molecule has 0 radical (unpaired) electrons. The van der Waals surface area contributed by atoms with Crippen molar-refractivity contribution in [1.29, 1.82) is 0 Å². The van der Waals surface area contributed by atoms with Crippen LogP contribution >= 0.6 is 23.1 Å². The Bertz CT molecular complexity index is 1280. The number of rotatable bonds is 6. The molecule has 1 saturated carbocycles. The summed E-state index contributed by atoms with van der Waals surface area (Å²) in [6.07, 6.45) is 9.60. The van der Waals surface area contributed by atoms with E-state index in [4.69, 9.17) is 0 Å². The first-order valence-electron chi connectivity index (χ1n) is 11.6. The van der Waals surface area contributed by atoms with Crippen LogP contribution in [-0.4, -0.2) is 51.5 Å². The highest BCUT2D eigenvalue weighted by Gasteiger charge is 2.32. The number of thiazole rings is 1. The maximum absolute atomic E-state index is 13.4. The Balaban J connectivity index is 1.56. The van der Waals surface area contributed by atoms with Crippen molar-refractivity contribution in [2.24, 2.45) is 0 Å². The molecule has 1 aliphatic rings. The number of hydrogen-bond acceptors (Lipinski definition) is 7. The van der Waals surface area contributed by atoms with Gasteiger partial charge in [0, 0.05) is 36.2 Å². The average Bonchev–Trinajstić information content (AvgIpc) is 3.33. The van der Waals surface area contributed by atoms with E-state index in [0.717, 1.165) is 37.1 Å². The predicted molar refractivity (Wildman–Crippen MR) is 137 cm³/mol. The molecule has 192 valence electrons. The summed E-state index contributed by atoms with van der Waals surface area (Å²) in [5.41, 5.74) is -3.72. The number of carbonyl (C=O) groups excluding carboxylic acids is 1. The number of hydrogen-bond donors (Lipinski definition) is 3. The van der Waals surface area contributed by atoms with E-state index in [1.165, 1.54) is 34.3 Å². The van der Waals surface area contributed by atoms with Crippen molar-refractivity contribution in [3.8, 4) is 11.8 Å². The molecule has 12 heteroatoms. The Kier molecular flexibility index (Phi) is 8.43. The molecule has 7 nitrogen and oxygen atoms in total. The number of amides is 1. The van der Waals surface area contributed by atoms with Crippen LogP contribution in [0.4, 0.5) is 19.0 Å². The fraction of sp³-hybridized carbons (Fsp3) is 0.458. The van der Waals surface area contributed by atoms with Crippen molar-refractivity contribution in [2.45, 2.75) is 61.6 Å². The van der Waals surface area contributed by atoms with Gasteiger partial charge >= 0.3 is 5.51 Å². The molecule has 3 aromatic rings. The Morgan fingerprint density at radius 1 is 1.25 bits per heavy atom. The smallest absolute Gasteiger partial charge is 0.366 e. The third kappa shape index (κ3) is 6.72. The van der Waals surface area contributed by atoms with Gasteiger partial charge in [0.2, 0.25) is 0 Å². The second-order valence-corrected chi connectivity index (χ2v) is 10.8. The molecule has 1 unspecified atom stereocenters. The fourth-order valence-corrected chi connectivity index (χ4v) is 5.63. The molecule has 2 atom stereocenters. The number of thioether (sulfide) groups is 1. The Labute approximate surface area is 215 Å². The van der Waals surface area contributed by atoms with Gasteiger partial charge in [-0.25, -0.2) is 9.97 Å². The number of halogens is 3. The lowest BCUT2D eigenvalue weighted by Crippen LogP contribution is -2.25. The fourth-order valence-electron chi connectivity index (χ4n) is 4.24. The molecule has 1 amide bonds. The van der Waals surface area contributed by atoms with Crippen LogP contribution in [0.25, 0.3) is 5.52 Å². The number of alkyl halides is 3. The second-order valence-electron chi connectivity index (χ2n) is 8.51. The van der Waals surface area contributed by atoms with Gasteiger partial charge in [0.05, 0.1) is 28.8 Å². The van der Waals surface area contributed by atoms with E-state index in [9.17, 15) is 18.0 Å². The number of aromatic nitrogens is 3. The highest BCUT2D eigenvalue weighted by molar-refractivity contribution is 8.00. The molecule has 1 fully saturated rings. The molecule has 0 bridgehead atoms. The molecule has 36 heavy (non-hydrogen) atoms. The highest BCUT2D eigenvalue weighted by Crippen LogP contribution is 2.40. The van der Waals surface area contributed by atoms with E-state index >= 15 is 0 Å². The molecule has 3 aromatic heterocycles. The zero-order chi connectivity index (χ0) is 25.7. The monoisotopic (exact) mass is 536 g/mol. The van der Waals surface area contributed by atoms with Crippen LogP contribution in [0.15, 0.2) is 29.7 Å². The summed E-state index contributed by atoms with van der Waals surface area (Å²) >= 11 is 1.05. The van der Waals surface area contributed by atoms with Crippen molar-refractivity contribution in [2.75, 3.05) is 18.9 Å². The molecule has 3 heterocycles. The minimum atomic E-state index is -4.48. The van der Waals surface area contributed by atoms with Crippen LogP contribution < -0.4 is 16.0 Å². The summed E-state index contributed by atoms with van der Waals surface area (Å²) in [7, 11) is 1.97. The Hall–Kier alpha value is -2.75. The van der Waals surface area contributed by atoms with Gasteiger partial charge in [-0.05, 0) is 52.1 Å². The molecule has 0 aromatic carbocycles. The number of aryl methyl sites for hydroxylation is 1. The summed E-state index contributed by atoms with van der Waals surface area (Å²) < 4.78 is 41.7. The van der Waals surface area contributed by atoms with Crippen molar-refractivity contribution in [3.05, 3.63) is 40.1 Å². The maximum atomic E-state index is 13.4. The zero-order valence-electron chi connectivity index (χ0n) is 19.9. The van der Waals surface area contributed by atoms with Gasteiger partial charge in [0.25, 0.3) is 5.91 Å². The van der Waals surface area contributed by atoms with E-state index in [1.54, 1.807) is 13.0 Å². The first kappa shape index (κ1) is 26.3. The minimum Gasteiger partial charge on any atom is -0.366 e. The second kappa shape index (κ2) is 11.5. The van der Waals surface area contributed by atoms with E-state index in [1.807, 2.05) is 7.05 Å². The summed E-state index contributed by atoms with van der Waals surface area (Å²) in [6.45, 7) is 1.79. The van der Waals surface area contributed by atoms with E-state index < -0.39 is 5.51 Å². The van der Waals surface area contributed by atoms with Gasteiger partial charge in [-0.2, -0.15) is 13.2 Å². The molecule has 4 rings (SSSR count). The van der Waals surface area contributed by atoms with Gasteiger partial charge in [-0.1, -0.05) is 11.8 Å². The predicted octanol–water partition coefficient (Wildman–Crippen LogP) is 4.83. The lowest BCUT2D eigenvalue weighted by atomic mass is 10.1. The topological polar surface area (TPSA) is 83.4 Å². The molecular weight excluding hydrogens is 509 g/mol. The largest absolute Gasteiger partial charge is 0.447 e. The van der Waals surface area contributed by atoms with E-state index in [-0.39, 0.29) is 40.8 Å². The highest BCUT2D eigenvalue weighted by atomic mass is 32.2. The standard InChI is InChI=1S/C24H27F3N6OS2/c1-15-31-14-20(35-15)22(34)30-10-4-5-16-13-19-21(32-18-7-3-6-17(28-2)8-9-18)29-11-12-33(19)23(16)36-24(25,26)27/h11-14,17-18,28H,3,6-10H2,1-2H3,(H,29,32)(H,30,34)/t17-,18?/m0/s1. The van der Waals surface area contributed by atoms with E-state index in [0.29, 0.717) is 22.3 Å². The number of nitrogens with one attached hydrogen (secondary N) is 3. The van der Waals surface area contributed by atoms with E-state index in [2.05, 4.69) is 37.8 Å². The van der Waals surface area contributed by atoms with Crippen LogP contribution in [0.3, 0.4) is 0 Å². The number of nitrogens with zero attached hydrogens (tertiary/aromatic N) is 3. The van der Waals surface area contributed by atoms with Crippen LogP contribution in [0, 0.1) is 18.8 Å². The Morgan fingerprint density at radius 2 is 2.03 bits per heavy atom. The van der Waals surface area contributed by atoms with Crippen molar-refractivity contribution < 1.29 is 18.0 Å². The van der Waals surface area contributed by atoms with Gasteiger partial charge in [0.15, 0.2) is 5.82 Å². The first-order valence-corrected chi connectivity index (χ1v) is 13.3. The summed E-state index contributed by atoms with van der Waals surface area (Å²) in [6, 6.07) is 2.29. The number of fused-ring (bicyclic) bond motifs is 1. The third-order valence-corrected chi connectivity index (χ3v) is 7.74. The van der Waals surface area contributed by atoms with Crippen LogP contribution in [0.2, 0.25) is 0 Å². The average molecular weight is 537 g/mol. The van der Waals surface area contributed by atoms with Gasteiger partial charge in [-0.15, -0.1) is 11.3 Å². The van der Waals surface area contributed by atoms with Crippen molar-refractivity contribution in [3.63, 3.8) is 0 Å². The lowest BCUT2D eigenvalue weighted by Gasteiger charge is -2.18. The molecule has 1 aliphatic carbocycles. The Morgan fingerprint density at radius 3 is 2.75 bits per heavy atom. The lowest BCUT2D eigenvalue weighted by molar-refractivity contribution is -0.0329. The van der Waals surface area contributed by atoms with Crippen molar-refractivity contribution in [1.82, 2.24) is 25.0 Å². The zero-order valence-corrected chi connectivity index (χ0v) is 21.5. The summed E-state index contributed by atoms with van der Waals surface area (Å²) in [4.78, 5) is 21.1. The molecular formula is C24H27F3N6OS2. The summed E-state index contributed by atoms with van der Waals surface area (Å²) in [5, 5.41) is 10.2. The van der Waals surface area contributed by atoms with Crippen LogP contribution in [0.1, 0.15) is 52.3 Å². The SMILES string of the molecule is CN[C@H]1CCCC(Nc2nccn3c(SC(F)(F)F)c(C#CCNC(=O)c4cnc(C)s4)cc23)CC1. The number of anilines is 1. The first-order chi connectivity index (χ1) is 17.2. The molecule has 0 aliphatic heterocycles. The normalized spacial score (nSPS) is 18.4. The summed E-state index contributed by atoms with van der Waals surface area (Å²) in [5.74, 6) is 5.81. The van der Waals surface area contributed by atoms with Gasteiger partial charge < -0.3 is 20.4 Å². The van der Waals surface area contributed by atoms with Crippen molar-refractivity contribution >= 4 is 40.3 Å². The number of carbonyl (C=O) groups is 1. The molecule has 0 spiro atoms. The molecule has 0 saturated heterocycles. The van der Waals surface area contributed by atoms with Gasteiger partial charge in [0.1, 0.15) is 9.90 Å².